The molecule has 1 aromatic rings. The quantitative estimate of drug-likeness (QED) is 0.644. The molecule has 2 bridgehead atoms. The summed E-state index contributed by atoms with van der Waals surface area (Å²) in [5.41, 5.74) is 4.00. The monoisotopic (exact) mass is 298 g/mol. The minimum atomic E-state index is -0.567. The van der Waals surface area contributed by atoms with E-state index in [9.17, 15) is 4.79 Å². The van der Waals surface area contributed by atoms with E-state index in [1.807, 2.05) is 31.2 Å². The van der Waals surface area contributed by atoms with Crippen molar-refractivity contribution in [3.8, 4) is 0 Å². The minimum Gasteiger partial charge on any atom is -0.298 e. The van der Waals surface area contributed by atoms with Crippen molar-refractivity contribution in [1.82, 2.24) is 0 Å². The van der Waals surface area contributed by atoms with Crippen LogP contribution in [-0.2, 0) is 4.84 Å². The van der Waals surface area contributed by atoms with Gasteiger partial charge in [-0.15, -0.1) is 0 Å². The standard InChI is InChI=1S/C18H22N2O2/c1-11-5-7-14(8-6-11)19-17(21)22-20-16-10-13-9-15(12(16)2)18(13,3)4/h5-8,13,15H,2,9-10H2,1,3-4H3,(H,19,21). The Bertz CT molecular complexity index is 644. The Hall–Kier alpha value is -2.10. The third-order valence-electron chi connectivity index (χ3n) is 5.24. The van der Waals surface area contributed by atoms with E-state index in [0.29, 0.717) is 22.9 Å². The maximum absolute atomic E-state index is 11.8. The van der Waals surface area contributed by atoms with E-state index in [0.717, 1.165) is 23.3 Å². The van der Waals surface area contributed by atoms with Gasteiger partial charge < -0.3 is 0 Å². The number of carbonyl (C=O) groups is 1. The van der Waals surface area contributed by atoms with E-state index < -0.39 is 6.09 Å². The molecule has 22 heavy (non-hydrogen) atoms. The number of allylic oxidation sites excluding steroid dienone is 1. The third-order valence-corrected chi connectivity index (χ3v) is 5.24. The summed E-state index contributed by atoms with van der Waals surface area (Å²) in [6, 6.07) is 7.53. The van der Waals surface area contributed by atoms with Crippen molar-refractivity contribution in [2.24, 2.45) is 22.4 Å². The zero-order valence-electron chi connectivity index (χ0n) is 13.3. The lowest BCUT2D eigenvalue weighted by atomic mass is 9.47. The van der Waals surface area contributed by atoms with Gasteiger partial charge in [0.15, 0.2) is 0 Å². The molecule has 2 atom stereocenters. The smallest absolute Gasteiger partial charge is 0.298 e. The van der Waals surface area contributed by atoms with E-state index in [1.54, 1.807) is 0 Å². The number of nitrogens with zero attached hydrogens (tertiary/aromatic N) is 1. The normalized spacial score (nSPS) is 27.2. The molecule has 0 saturated heterocycles. The Kier molecular flexibility index (Phi) is 3.55. The summed E-state index contributed by atoms with van der Waals surface area (Å²) in [5.74, 6) is 1.08. The van der Waals surface area contributed by atoms with Crippen LogP contribution in [0.15, 0.2) is 41.6 Å². The maximum Gasteiger partial charge on any atom is 0.437 e. The Balaban J connectivity index is 1.59. The lowest BCUT2D eigenvalue weighted by molar-refractivity contribution is 0.000580. The number of oxime groups is 1. The molecule has 1 aromatic carbocycles. The fourth-order valence-corrected chi connectivity index (χ4v) is 3.49. The summed E-state index contributed by atoms with van der Waals surface area (Å²) in [6.07, 6.45) is 1.46. The van der Waals surface area contributed by atoms with E-state index >= 15 is 0 Å². The Labute approximate surface area is 131 Å². The molecule has 3 aliphatic rings. The van der Waals surface area contributed by atoms with Crippen molar-refractivity contribution < 1.29 is 9.63 Å². The number of anilines is 1. The molecule has 3 aliphatic carbocycles. The van der Waals surface area contributed by atoms with Crippen molar-refractivity contribution in [3.05, 3.63) is 42.0 Å². The second-order valence-electron chi connectivity index (χ2n) is 6.94. The van der Waals surface area contributed by atoms with E-state index in [1.165, 1.54) is 6.42 Å². The lowest BCUT2D eigenvalue weighted by Crippen LogP contribution is -2.52. The molecule has 3 saturated carbocycles. The molecular weight excluding hydrogens is 276 g/mol. The van der Waals surface area contributed by atoms with Crippen LogP contribution in [0.3, 0.4) is 0 Å². The van der Waals surface area contributed by atoms with Crippen LogP contribution in [-0.4, -0.2) is 11.8 Å². The van der Waals surface area contributed by atoms with Gasteiger partial charge in [0.2, 0.25) is 0 Å². The number of hydrogen-bond acceptors (Lipinski definition) is 3. The van der Waals surface area contributed by atoms with Crippen molar-refractivity contribution in [2.75, 3.05) is 5.32 Å². The summed E-state index contributed by atoms with van der Waals surface area (Å²) in [4.78, 5) is 16.8. The molecule has 4 heteroatoms. The van der Waals surface area contributed by atoms with Gasteiger partial charge in [0.25, 0.3) is 0 Å². The molecule has 1 amide bonds. The van der Waals surface area contributed by atoms with Crippen LogP contribution in [0.4, 0.5) is 10.5 Å². The van der Waals surface area contributed by atoms with Crippen LogP contribution >= 0.6 is 0 Å². The second kappa shape index (κ2) is 5.27. The summed E-state index contributed by atoms with van der Waals surface area (Å²) < 4.78 is 0. The van der Waals surface area contributed by atoms with E-state index in [-0.39, 0.29) is 0 Å². The van der Waals surface area contributed by atoms with Gasteiger partial charge in [0.05, 0.1) is 5.71 Å². The summed E-state index contributed by atoms with van der Waals surface area (Å²) in [5, 5.41) is 6.69. The van der Waals surface area contributed by atoms with Crippen molar-refractivity contribution >= 4 is 17.5 Å². The van der Waals surface area contributed by atoms with Crippen molar-refractivity contribution in [3.63, 3.8) is 0 Å². The summed E-state index contributed by atoms with van der Waals surface area (Å²) >= 11 is 0. The largest absolute Gasteiger partial charge is 0.437 e. The average molecular weight is 298 g/mol. The van der Waals surface area contributed by atoms with Crippen molar-refractivity contribution in [2.45, 2.75) is 33.6 Å². The predicted molar refractivity (Wildman–Crippen MR) is 87.9 cm³/mol. The molecule has 0 radical (unpaired) electrons. The number of fused-ring (bicyclic) bond motifs is 2. The van der Waals surface area contributed by atoms with Crippen LogP contribution < -0.4 is 5.32 Å². The van der Waals surface area contributed by atoms with Gasteiger partial charge in [-0.2, -0.15) is 0 Å². The molecule has 4 rings (SSSR count). The molecule has 4 nitrogen and oxygen atoms in total. The first-order valence-corrected chi connectivity index (χ1v) is 7.68. The number of rotatable bonds is 2. The van der Waals surface area contributed by atoms with Gasteiger partial charge in [-0.1, -0.05) is 43.3 Å². The zero-order chi connectivity index (χ0) is 15.9. The second-order valence-corrected chi connectivity index (χ2v) is 6.94. The van der Waals surface area contributed by atoms with Crippen molar-refractivity contribution in [1.29, 1.82) is 0 Å². The Morgan fingerprint density at radius 1 is 1.36 bits per heavy atom. The molecule has 0 aromatic heterocycles. The van der Waals surface area contributed by atoms with Gasteiger partial charge in [0.1, 0.15) is 0 Å². The van der Waals surface area contributed by atoms with Gasteiger partial charge in [0, 0.05) is 5.69 Å². The molecular formula is C18H22N2O2. The Morgan fingerprint density at radius 2 is 2.05 bits per heavy atom. The predicted octanol–water partition coefficient (Wildman–Crippen LogP) is 4.52. The highest BCUT2D eigenvalue weighted by molar-refractivity contribution is 6.02. The fourth-order valence-electron chi connectivity index (χ4n) is 3.49. The number of nitrogens with one attached hydrogen (secondary N) is 1. The zero-order valence-corrected chi connectivity index (χ0v) is 13.3. The first kappa shape index (κ1) is 14.8. The van der Waals surface area contributed by atoms with Crippen LogP contribution in [0, 0.1) is 24.2 Å². The first-order chi connectivity index (χ1) is 10.4. The molecule has 0 spiro atoms. The number of benzene rings is 1. The number of hydrogen-bond donors (Lipinski definition) is 1. The highest BCUT2D eigenvalue weighted by Gasteiger charge is 2.54. The maximum atomic E-state index is 11.8. The SMILES string of the molecule is C=C1C(=NOC(=O)Nc2ccc(C)cc2)CC2CC1C2(C)C. The van der Waals surface area contributed by atoms with Crippen LogP contribution in [0.1, 0.15) is 32.3 Å². The first-order valence-electron chi connectivity index (χ1n) is 7.68. The van der Waals surface area contributed by atoms with Crippen LogP contribution in [0.5, 0.6) is 0 Å². The van der Waals surface area contributed by atoms with Gasteiger partial charge in [-0.25, -0.2) is 4.79 Å². The number of amides is 1. The average Bonchev–Trinajstić information content (AvgIpc) is 2.48. The number of carbonyl (C=O) groups excluding carboxylic acids is 1. The molecule has 0 aliphatic heterocycles. The molecule has 0 heterocycles. The van der Waals surface area contributed by atoms with Crippen LogP contribution in [0.2, 0.25) is 0 Å². The van der Waals surface area contributed by atoms with Gasteiger partial charge in [-0.05, 0) is 54.7 Å². The van der Waals surface area contributed by atoms with E-state index in [4.69, 9.17) is 4.84 Å². The molecule has 116 valence electrons. The van der Waals surface area contributed by atoms with Gasteiger partial charge >= 0.3 is 6.09 Å². The fraction of sp³-hybridized carbons (Fsp3) is 0.444. The van der Waals surface area contributed by atoms with Gasteiger partial charge in [-0.3, -0.25) is 10.2 Å². The molecule has 3 fully saturated rings. The third kappa shape index (κ3) is 2.54. The summed E-state index contributed by atoms with van der Waals surface area (Å²) in [6.45, 7) is 10.7. The molecule has 1 N–H and O–H groups in total. The van der Waals surface area contributed by atoms with Crippen LogP contribution in [0.25, 0.3) is 0 Å². The highest BCUT2D eigenvalue weighted by Crippen LogP contribution is 2.59. The minimum absolute atomic E-state index is 0.306. The Morgan fingerprint density at radius 3 is 2.64 bits per heavy atom. The van der Waals surface area contributed by atoms with E-state index in [2.05, 4.69) is 30.9 Å². The summed E-state index contributed by atoms with van der Waals surface area (Å²) in [7, 11) is 0. The lowest BCUT2D eigenvalue weighted by Gasteiger charge is -2.57. The molecule has 2 unspecified atom stereocenters. The topological polar surface area (TPSA) is 50.7 Å². The number of aryl methyl sites for hydroxylation is 1. The highest BCUT2D eigenvalue weighted by atomic mass is 16.7.